The smallest absolute Gasteiger partial charge is 0.274 e. The molecule has 1 aliphatic heterocycles. The van der Waals surface area contributed by atoms with Crippen LogP contribution in [-0.4, -0.2) is 47.2 Å². The summed E-state index contributed by atoms with van der Waals surface area (Å²) >= 11 is 1.61. The van der Waals surface area contributed by atoms with Crippen LogP contribution in [0.4, 0.5) is 10.8 Å². The maximum atomic E-state index is 12.6. The van der Waals surface area contributed by atoms with Crippen LogP contribution in [0, 0.1) is 0 Å². The number of aromatic nitrogens is 3. The normalized spacial score (nSPS) is 17.3. The fourth-order valence-corrected chi connectivity index (χ4v) is 4.21. The van der Waals surface area contributed by atoms with Crippen molar-refractivity contribution < 1.29 is 9.53 Å². The lowest BCUT2D eigenvalue weighted by molar-refractivity contribution is 0.102. The Bertz CT molecular complexity index is 980. The molecule has 4 heterocycles. The second-order valence-electron chi connectivity index (χ2n) is 6.78. The lowest BCUT2D eigenvalue weighted by Gasteiger charge is -2.25. The van der Waals surface area contributed by atoms with E-state index >= 15 is 0 Å². The SMILES string of the molecule is O=C(Nc1cc2sc(N3CCOCC3)nc2nc1C1CC1)c1ccccn1. The van der Waals surface area contributed by atoms with Gasteiger partial charge in [0.05, 0.1) is 29.3 Å². The number of rotatable bonds is 4. The minimum atomic E-state index is -0.212. The molecule has 0 atom stereocenters. The number of carbonyl (C=O) groups excluding carboxylic acids is 1. The Hall–Kier alpha value is -2.58. The highest BCUT2D eigenvalue weighted by atomic mass is 32.1. The third kappa shape index (κ3) is 3.38. The third-order valence-electron chi connectivity index (χ3n) is 4.79. The molecule has 8 heteroatoms. The maximum Gasteiger partial charge on any atom is 0.274 e. The second-order valence-corrected chi connectivity index (χ2v) is 7.79. The van der Waals surface area contributed by atoms with Gasteiger partial charge in [-0.05, 0) is 31.0 Å². The zero-order chi connectivity index (χ0) is 18.2. The van der Waals surface area contributed by atoms with E-state index in [1.165, 1.54) is 0 Å². The Morgan fingerprint density at radius 1 is 1.22 bits per heavy atom. The molecule has 7 nitrogen and oxygen atoms in total. The van der Waals surface area contributed by atoms with Crippen molar-refractivity contribution in [1.82, 2.24) is 15.0 Å². The third-order valence-corrected chi connectivity index (χ3v) is 5.84. The number of ether oxygens (including phenoxy) is 1. The van der Waals surface area contributed by atoms with Gasteiger partial charge in [0.25, 0.3) is 5.91 Å². The molecule has 0 unspecified atom stereocenters. The highest BCUT2D eigenvalue weighted by molar-refractivity contribution is 7.22. The Morgan fingerprint density at radius 3 is 2.81 bits per heavy atom. The van der Waals surface area contributed by atoms with Crippen LogP contribution >= 0.6 is 11.3 Å². The van der Waals surface area contributed by atoms with Gasteiger partial charge in [-0.1, -0.05) is 17.4 Å². The molecule has 0 bridgehead atoms. The van der Waals surface area contributed by atoms with Crippen LogP contribution in [0.25, 0.3) is 10.3 Å². The van der Waals surface area contributed by atoms with Crippen LogP contribution in [0.15, 0.2) is 30.5 Å². The van der Waals surface area contributed by atoms with E-state index < -0.39 is 0 Å². The minimum absolute atomic E-state index is 0.212. The zero-order valence-electron chi connectivity index (χ0n) is 14.7. The van der Waals surface area contributed by atoms with E-state index in [-0.39, 0.29) is 5.91 Å². The van der Waals surface area contributed by atoms with Gasteiger partial charge in [0, 0.05) is 25.2 Å². The summed E-state index contributed by atoms with van der Waals surface area (Å²) in [5, 5.41) is 3.98. The highest BCUT2D eigenvalue weighted by Crippen LogP contribution is 2.44. The molecule has 5 rings (SSSR count). The first-order valence-corrected chi connectivity index (χ1v) is 9.96. The van der Waals surface area contributed by atoms with Crippen LogP contribution < -0.4 is 10.2 Å². The number of fused-ring (bicyclic) bond motifs is 1. The molecule has 1 amide bonds. The number of nitrogens with one attached hydrogen (secondary N) is 1. The monoisotopic (exact) mass is 381 g/mol. The highest BCUT2D eigenvalue weighted by Gasteiger charge is 2.30. The van der Waals surface area contributed by atoms with Crippen LogP contribution in [-0.2, 0) is 4.74 Å². The van der Waals surface area contributed by atoms with E-state index in [4.69, 9.17) is 14.7 Å². The molecular weight excluding hydrogens is 362 g/mol. The summed E-state index contributed by atoms with van der Waals surface area (Å²) in [5.74, 6) is 0.193. The zero-order valence-corrected chi connectivity index (χ0v) is 15.5. The number of morpholine rings is 1. The van der Waals surface area contributed by atoms with E-state index in [0.717, 1.165) is 66.0 Å². The molecule has 0 aromatic carbocycles. The Labute approximate surface area is 160 Å². The lowest BCUT2D eigenvalue weighted by atomic mass is 10.2. The van der Waals surface area contributed by atoms with Crippen LogP contribution in [0.2, 0.25) is 0 Å². The summed E-state index contributed by atoms with van der Waals surface area (Å²) in [4.78, 5) is 28.5. The molecule has 138 valence electrons. The lowest BCUT2D eigenvalue weighted by Crippen LogP contribution is -2.36. The molecule has 3 aromatic heterocycles. The summed E-state index contributed by atoms with van der Waals surface area (Å²) in [7, 11) is 0. The molecule has 3 aromatic rings. The standard InChI is InChI=1S/C19H19N5O2S/c25-18(13-3-1-2-6-20-13)21-14-11-15-17(22-16(14)12-4-5-12)23-19(27-15)24-7-9-26-10-8-24/h1-3,6,11-12H,4-5,7-10H2,(H,21,25). The van der Waals surface area contributed by atoms with Crippen molar-refractivity contribution in [3.63, 3.8) is 0 Å². The Balaban J connectivity index is 1.49. The molecule has 0 radical (unpaired) electrons. The Morgan fingerprint density at radius 2 is 2.07 bits per heavy atom. The number of carbonyl (C=O) groups is 1. The number of nitrogens with zero attached hydrogens (tertiary/aromatic N) is 4. The summed E-state index contributed by atoms with van der Waals surface area (Å²) in [5.41, 5.74) is 2.88. The van der Waals surface area contributed by atoms with E-state index in [9.17, 15) is 4.79 Å². The van der Waals surface area contributed by atoms with Gasteiger partial charge in [-0.25, -0.2) is 4.98 Å². The number of pyridine rings is 2. The summed E-state index contributed by atoms with van der Waals surface area (Å²) < 4.78 is 6.41. The van der Waals surface area contributed by atoms with Crippen molar-refractivity contribution in [3.05, 3.63) is 41.9 Å². The van der Waals surface area contributed by atoms with Gasteiger partial charge in [-0.2, -0.15) is 4.98 Å². The molecule has 1 aliphatic carbocycles. The van der Waals surface area contributed by atoms with Crippen LogP contribution in [0.3, 0.4) is 0 Å². The van der Waals surface area contributed by atoms with Gasteiger partial charge in [0.1, 0.15) is 5.69 Å². The maximum absolute atomic E-state index is 12.6. The van der Waals surface area contributed by atoms with E-state index in [1.54, 1.807) is 29.7 Å². The average Bonchev–Trinajstić information content (AvgIpc) is 3.48. The first kappa shape index (κ1) is 16.6. The van der Waals surface area contributed by atoms with Crippen molar-refractivity contribution in [1.29, 1.82) is 0 Å². The molecular formula is C19H19N5O2S. The molecule has 0 spiro atoms. The van der Waals surface area contributed by atoms with Crippen molar-refractivity contribution in [3.8, 4) is 0 Å². The molecule has 2 fully saturated rings. The van der Waals surface area contributed by atoms with E-state index in [2.05, 4.69) is 15.2 Å². The van der Waals surface area contributed by atoms with Gasteiger partial charge in [0.15, 0.2) is 10.8 Å². The fraction of sp³-hybridized carbons (Fsp3) is 0.368. The fourth-order valence-electron chi connectivity index (χ4n) is 3.21. The number of amides is 1. The van der Waals surface area contributed by atoms with Gasteiger partial charge in [-0.3, -0.25) is 9.78 Å². The van der Waals surface area contributed by atoms with Crippen LogP contribution in [0.5, 0.6) is 0 Å². The first-order valence-electron chi connectivity index (χ1n) is 9.14. The Kier molecular flexibility index (Phi) is 4.21. The average molecular weight is 381 g/mol. The number of hydrogen-bond donors (Lipinski definition) is 1. The summed E-state index contributed by atoms with van der Waals surface area (Å²) in [6.07, 6.45) is 3.83. The van der Waals surface area contributed by atoms with Gasteiger partial charge in [0.2, 0.25) is 0 Å². The number of thiazole rings is 1. The largest absolute Gasteiger partial charge is 0.378 e. The predicted molar refractivity (Wildman–Crippen MR) is 105 cm³/mol. The molecule has 1 saturated carbocycles. The topological polar surface area (TPSA) is 80.2 Å². The van der Waals surface area contributed by atoms with Crippen molar-refractivity contribution >= 4 is 38.4 Å². The summed E-state index contributed by atoms with van der Waals surface area (Å²) in [6, 6.07) is 7.33. The first-order chi connectivity index (χ1) is 13.3. The van der Waals surface area contributed by atoms with E-state index in [0.29, 0.717) is 11.6 Å². The number of anilines is 2. The summed E-state index contributed by atoms with van der Waals surface area (Å²) in [6.45, 7) is 3.14. The quantitative estimate of drug-likeness (QED) is 0.748. The molecule has 1 saturated heterocycles. The van der Waals surface area contributed by atoms with E-state index in [1.807, 2.05) is 12.1 Å². The van der Waals surface area contributed by atoms with Crippen molar-refractivity contribution in [2.75, 3.05) is 36.5 Å². The van der Waals surface area contributed by atoms with Gasteiger partial charge < -0.3 is 15.0 Å². The minimum Gasteiger partial charge on any atom is -0.378 e. The van der Waals surface area contributed by atoms with Gasteiger partial charge >= 0.3 is 0 Å². The van der Waals surface area contributed by atoms with Crippen molar-refractivity contribution in [2.24, 2.45) is 0 Å². The second kappa shape index (κ2) is 6.86. The molecule has 27 heavy (non-hydrogen) atoms. The van der Waals surface area contributed by atoms with Crippen molar-refractivity contribution in [2.45, 2.75) is 18.8 Å². The van der Waals surface area contributed by atoms with Gasteiger partial charge in [-0.15, -0.1) is 0 Å². The molecule has 2 aliphatic rings. The van der Waals surface area contributed by atoms with Crippen LogP contribution in [0.1, 0.15) is 34.9 Å². The molecule has 1 N–H and O–H groups in total. The predicted octanol–water partition coefficient (Wildman–Crippen LogP) is 3.05. The number of hydrogen-bond acceptors (Lipinski definition) is 7.